The van der Waals surface area contributed by atoms with Crippen molar-refractivity contribution in [3.63, 3.8) is 0 Å². The van der Waals surface area contributed by atoms with Crippen molar-refractivity contribution in [2.75, 3.05) is 12.3 Å². The summed E-state index contributed by atoms with van der Waals surface area (Å²) in [6.45, 7) is 5.30. The number of thiol groups is 1. The number of carbonyl (C=O) groups is 4. The lowest BCUT2D eigenvalue weighted by Crippen LogP contribution is -2.59. The van der Waals surface area contributed by atoms with E-state index in [1.807, 2.05) is 13.8 Å². The van der Waals surface area contributed by atoms with Crippen LogP contribution in [0, 0.1) is 5.92 Å². The van der Waals surface area contributed by atoms with Gasteiger partial charge >= 0.3 is 5.97 Å². The van der Waals surface area contributed by atoms with Crippen molar-refractivity contribution in [1.82, 2.24) is 15.5 Å². The van der Waals surface area contributed by atoms with Gasteiger partial charge in [0, 0.05) is 12.3 Å². The number of amides is 3. The third kappa shape index (κ3) is 7.16. The average molecular weight is 433 g/mol. The molecule has 5 unspecified atom stereocenters. The molecule has 1 heterocycles. The predicted octanol–water partition coefficient (Wildman–Crippen LogP) is -1.28. The minimum absolute atomic E-state index is 0.0589. The van der Waals surface area contributed by atoms with E-state index in [2.05, 4.69) is 23.3 Å². The number of carboxylic acids is 1. The van der Waals surface area contributed by atoms with Gasteiger partial charge in [-0.05, 0) is 32.1 Å². The van der Waals surface area contributed by atoms with Crippen LogP contribution in [-0.2, 0) is 19.2 Å². The fourth-order valence-corrected chi connectivity index (χ4v) is 3.34. The quantitative estimate of drug-likeness (QED) is 0.234. The summed E-state index contributed by atoms with van der Waals surface area (Å²) in [5, 5.41) is 24.2. The summed E-state index contributed by atoms with van der Waals surface area (Å²) >= 11 is 3.94. The van der Waals surface area contributed by atoms with Gasteiger partial charge in [-0.2, -0.15) is 12.6 Å². The number of aliphatic hydroxyl groups excluding tert-OH is 1. The number of nitrogens with zero attached hydrogens (tertiary/aromatic N) is 1. The second-order valence-corrected chi connectivity index (χ2v) is 8.10. The van der Waals surface area contributed by atoms with Crippen molar-refractivity contribution < 1.29 is 29.4 Å². The molecule has 29 heavy (non-hydrogen) atoms. The number of carbonyl (C=O) groups excluding carboxylic acids is 3. The summed E-state index contributed by atoms with van der Waals surface area (Å²) in [5.41, 5.74) is 5.60. The number of carboxylic acid groups (broad SMARTS) is 1. The van der Waals surface area contributed by atoms with Gasteiger partial charge < -0.3 is 31.5 Å². The number of nitrogens with one attached hydrogen (secondary N) is 2. The number of nitrogens with two attached hydrogens (primary N) is 1. The molecule has 10 nitrogen and oxygen atoms in total. The Kier molecular flexibility index (Phi) is 9.87. The van der Waals surface area contributed by atoms with Crippen LogP contribution in [0.25, 0.3) is 0 Å². The van der Waals surface area contributed by atoms with E-state index in [0.29, 0.717) is 12.8 Å². The first kappa shape index (κ1) is 25.2. The summed E-state index contributed by atoms with van der Waals surface area (Å²) in [5.74, 6) is -2.84. The highest BCUT2D eigenvalue weighted by Crippen LogP contribution is 2.20. The summed E-state index contributed by atoms with van der Waals surface area (Å²) in [6.07, 6.45) is -0.0454. The van der Waals surface area contributed by atoms with E-state index in [0.717, 1.165) is 0 Å². The third-order valence-electron chi connectivity index (χ3n) is 4.74. The van der Waals surface area contributed by atoms with Gasteiger partial charge in [0.25, 0.3) is 0 Å². The van der Waals surface area contributed by atoms with E-state index >= 15 is 0 Å². The number of hydrogen-bond donors (Lipinski definition) is 6. The monoisotopic (exact) mass is 432 g/mol. The van der Waals surface area contributed by atoms with Crippen LogP contribution >= 0.6 is 12.6 Å². The largest absolute Gasteiger partial charge is 0.480 e. The number of aliphatic carboxylic acids is 1. The molecule has 0 radical (unpaired) electrons. The molecule has 11 heteroatoms. The van der Waals surface area contributed by atoms with E-state index in [1.165, 1.54) is 11.8 Å². The minimum Gasteiger partial charge on any atom is -0.480 e. The molecular weight excluding hydrogens is 400 g/mol. The van der Waals surface area contributed by atoms with Crippen molar-refractivity contribution in [2.45, 2.75) is 70.3 Å². The van der Waals surface area contributed by atoms with Crippen LogP contribution in [0.1, 0.15) is 40.0 Å². The van der Waals surface area contributed by atoms with Crippen LogP contribution in [0.3, 0.4) is 0 Å². The van der Waals surface area contributed by atoms with Gasteiger partial charge in [-0.25, -0.2) is 4.79 Å². The first-order chi connectivity index (χ1) is 13.5. The molecule has 0 aromatic rings. The lowest BCUT2D eigenvalue weighted by atomic mass is 10.0. The van der Waals surface area contributed by atoms with Gasteiger partial charge in [0.1, 0.15) is 18.1 Å². The maximum absolute atomic E-state index is 12.9. The Bertz CT molecular complexity index is 615. The van der Waals surface area contributed by atoms with Gasteiger partial charge in [0.15, 0.2) is 0 Å². The highest BCUT2D eigenvalue weighted by atomic mass is 32.1. The van der Waals surface area contributed by atoms with E-state index in [1.54, 1.807) is 0 Å². The van der Waals surface area contributed by atoms with Crippen molar-refractivity contribution >= 4 is 36.3 Å². The Morgan fingerprint density at radius 1 is 1.21 bits per heavy atom. The standard InChI is InChI=1S/C18H32N4O6S/c1-9(2)7-12(18(27)28)20-16(25)13-5-4-6-22(13)17(26)14(10(3)23)21-15(24)11(19)8-29/h9-14,23,29H,4-8,19H2,1-3H3,(H,20,25)(H,21,24)(H,27,28). The van der Waals surface area contributed by atoms with E-state index < -0.39 is 54.0 Å². The van der Waals surface area contributed by atoms with Crippen molar-refractivity contribution in [3.05, 3.63) is 0 Å². The molecule has 0 spiro atoms. The molecule has 1 saturated heterocycles. The number of rotatable bonds is 10. The van der Waals surface area contributed by atoms with Crippen molar-refractivity contribution in [3.8, 4) is 0 Å². The third-order valence-corrected chi connectivity index (χ3v) is 5.13. The second-order valence-electron chi connectivity index (χ2n) is 7.73. The van der Waals surface area contributed by atoms with Crippen LogP contribution in [0.4, 0.5) is 0 Å². The van der Waals surface area contributed by atoms with Crippen LogP contribution in [-0.4, -0.2) is 81.4 Å². The van der Waals surface area contributed by atoms with Gasteiger partial charge in [-0.3, -0.25) is 14.4 Å². The number of hydrogen-bond acceptors (Lipinski definition) is 7. The second kappa shape index (κ2) is 11.4. The Morgan fingerprint density at radius 3 is 2.31 bits per heavy atom. The van der Waals surface area contributed by atoms with E-state index in [-0.39, 0.29) is 24.6 Å². The minimum atomic E-state index is -1.27. The lowest BCUT2D eigenvalue weighted by Gasteiger charge is -2.31. The Hall–Kier alpha value is -1.85. The Labute approximate surface area is 176 Å². The molecule has 3 amide bonds. The molecule has 0 bridgehead atoms. The fourth-order valence-electron chi connectivity index (χ4n) is 3.17. The first-order valence-corrected chi connectivity index (χ1v) is 10.3. The molecule has 1 aliphatic rings. The average Bonchev–Trinajstić information content (AvgIpc) is 3.13. The molecule has 166 valence electrons. The molecule has 0 saturated carbocycles. The molecular formula is C18H32N4O6S. The zero-order valence-corrected chi connectivity index (χ0v) is 17.9. The Balaban J connectivity index is 2.91. The maximum atomic E-state index is 12.9. The summed E-state index contributed by atoms with van der Waals surface area (Å²) in [6, 6.07) is -4.14. The van der Waals surface area contributed by atoms with Gasteiger partial charge in [-0.1, -0.05) is 13.8 Å². The van der Waals surface area contributed by atoms with Crippen LogP contribution in [0.15, 0.2) is 0 Å². The van der Waals surface area contributed by atoms with Gasteiger partial charge in [-0.15, -0.1) is 0 Å². The van der Waals surface area contributed by atoms with Crippen LogP contribution in [0.5, 0.6) is 0 Å². The summed E-state index contributed by atoms with van der Waals surface area (Å²) < 4.78 is 0. The van der Waals surface area contributed by atoms with Gasteiger partial charge in [0.2, 0.25) is 17.7 Å². The van der Waals surface area contributed by atoms with E-state index in [9.17, 15) is 29.4 Å². The predicted molar refractivity (Wildman–Crippen MR) is 109 cm³/mol. The Morgan fingerprint density at radius 2 is 1.83 bits per heavy atom. The number of likely N-dealkylation sites (tertiary alicyclic amines) is 1. The normalized spacial score (nSPS) is 20.7. The van der Waals surface area contributed by atoms with Gasteiger partial charge in [0.05, 0.1) is 12.1 Å². The summed E-state index contributed by atoms with van der Waals surface area (Å²) in [4.78, 5) is 50.3. The molecule has 6 N–H and O–H groups in total. The highest BCUT2D eigenvalue weighted by molar-refractivity contribution is 7.80. The van der Waals surface area contributed by atoms with E-state index in [4.69, 9.17) is 5.73 Å². The molecule has 1 aliphatic heterocycles. The molecule has 0 aromatic heterocycles. The molecule has 5 atom stereocenters. The first-order valence-electron chi connectivity index (χ1n) is 9.68. The topological polar surface area (TPSA) is 162 Å². The fraction of sp³-hybridized carbons (Fsp3) is 0.778. The molecule has 1 fully saturated rings. The number of aliphatic hydroxyl groups is 1. The molecule has 0 aromatic carbocycles. The van der Waals surface area contributed by atoms with Crippen LogP contribution < -0.4 is 16.4 Å². The smallest absolute Gasteiger partial charge is 0.326 e. The zero-order valence-electron chi connectivity index (χ0n) is 17.0. The van der Waals surface area contributed by atoms with Crippen molar-refractivity contribution in [1.29, 1.82) is 0 Å². The maximum Gasteiger partial charge on any atom is 0.326 e. The summed E-state index contributed by atoms with van der Waals surface area (Å²) in [7, 11) is 0. The van der Waals surface area contributed by atoms with Crippen LogP contribution in [0.2, 0.25) is 0 Å². The molecule has 0 aliphatic carbocycles. The SMILES string of the molecule is CC(C)CC(NC(=O)C1CCCN1C(=O)C(NC(=O)C(N)CS)C(C)O)C(=O)O. The molecule has 1 rings (SSSR count). The van der Waals surface area contributed by atoms with Crippen molar-refractivity contribution in [2.24, 2.45) is 11.7 Å². The highest BCUT2D eigenvalue weighted by Gasteiger charge is 2.40. The zero-order chi connectivity index (χ0) is 22.3. The lowest BCUT2D eigenvalue weighted by molar-refractivity contribution is -0.146.